The number of benzene rings is 3. The van der Waals surface area contributed by atoms with Crippen LogP contribution in [0, 0.1) is 0 Å². The Balaban J connectivity index is 0.00000300. The zero-order chi connectivity index (χ0) is 20.3. The number of hydrogen-bond donors (Lipinski definition) is 2. The van der Waals surface area contributed by atoms with Gasteiger partial charge < -0.3 is 15.0 Å². The molecule has 1 amide bonds. The molecule has 3 aromatic carbocycles. The zero-order valence-electron chi connectivity index (χ0n) is 15.2. The number of alkyl halides is 1. The number of rotatable bonds is 5. The Labute approximate surface area is 193 Å². The van der Waals surface area contributed by atoms with Crippen molar-refractivity contribution in [2.24, 2.45) is 10.2 Å². The Hall–Kier alpha value is -2.01. The minimum atomic E-state index is -4.96. The van der Waals surface area contributed by atoms with Crippen LogP contribution in [0.2, 0.25) is 0 Å². The molecule has 0 unspecified atom stereocenters. The van der Waals surface area contributed by atoms with Crippen LogP contribution in [0.25, 0.3) is 10.8 Å². The molecule has 0 saturated heterocycles. The summed E-state index contributed by atoms with van der Waals surface area (Å²) in [7, 11) is -4.96. The summed E-state index contributed by atoms with van der Waals surface area (Å²) < 4.78 is 35.1. The van der Waals surface area contributed by atoms with Crippen molar-refractivity contribution in [3.05, 3.63) is 54.6 Å². The van der Waals surface area contributed by atoms with E-state index in [9.17, 15) is 22.9 Å². The van der Waals surface area contributed by atoms with Crippen LogP contribution in [-0.2, 0) is 14.9 Å². The van der Waals surface area contributed by atoms with Gasteiger partial charge in [-0.15, -0.1) is 16.7 Å². The maximum atomic E-state index is 11.7. The van der Waals surface area contributed by atoms with Gasteiger partial charge in [0.25, 0.3) is 0 Å². The third-order valence-corrected chi connectivity index (χ3v) is 4.84. The minimum absolute atomic E-state index is 0. The van der Waals surface area contributed by atoms with Gasteiger partial charge in [-0.25, -0.2) is 8.42 Å². The Kier molecular flexibility index (Phi) is 7.75. The fraction of sp³-hybridized carbons (Fsp3) is 0.0556. The smallest absolute Gasteiger partial charge is 0.744 e. The molecule has 11 heteroatoms. The molecular formula is C18H13ClN3NaO5S. The van der Waals surface area contributed by atoms with Gasteiger partial charge in [0.15, 0.2) is 5.75 Å². The van der Waals surface area contributed by atoms with Gasteiger partial charge in [0.05, 0.1) is 10.6 Å². The number of carbonyl (C=O) groups excluding carboxylic acids is 1. The van der Waals surface area contributed by atoms with Crippen molar-refractivity contribution in [2.75, 3.05) is 11.2 Å². The largest absolute Gasteiger partial charge is 1.00 e. The minimum Gasteiger partial charge on any atom is -0.744 e. The number of nitrogens with one attached hydrogen (secondary N) is 1. The molecule has 0 saturated carbocycles. The maximum absolute atomic E-state index is 11.7. The Morgan fingerprint density at radius 1 is 1.10 bits per heavy atom. The van der Waals surface area contributed by atoms with Crippen molar-refractivity contribution in [3.8, 4) is 5.75 Å². The predicted molar refractivity (Wildman–Crippen MR) is 104 cm³/mol. The van der Waals surface area contributed by atoms with E-state index in [4.69, 9.17) is 11.6 Å². The first kappa shape index (κ1) is 23.3. The normalized spacial score (nSPS) is 11.4. The standard InChI is InChI=1S/C18H14ClN3O5S.Na/c19-10-16(23)20-13-6-7-14-11(8-13)9-15(28(25,26)27)17(18(14)24)22-21-12-4-2-1-3-5-12;/h1-9,24H,10H2,(H,20,23)(H,25,26,27);/q;+1/p-1. The van der Waals surface area contributed by atoms with Crippen LogP contribution in [0.4, 0.5) is 17.1 Å². The van der Waals surface area contributed by atoms with Crippen molar-refractivity contribution in [2.45, 2.75) is 4.90 Å². The molecule has 0 bridgehead atoms. The molecule has 8 nitrogen and oxygen atoms in total. The Morgan fingerprint density at radius 2 is 1.79 bits per heavy atom. The number of aromatic hydroxyl groups is 1. The molecule has 29 heavy (non-hydrogen) atoms. The molecule has 0 aliphatic carbocycles. The molecule has 0 aliphatic heterocycles. The van der Waals surface area contributed by atoms with Gasteiger partial charge >= 0.3 is 29.6 Å². The van der Waals surface area contributed by atoms with E-state index in [0.29, 0.717) is 11.4 Å². The number of hydrogen-bond acceptors (Lipinski definition) is 7. The van der Waals surface area contributed by atoms with Gasteiger partial charge in [0.1, 0.15) is 21.7 Å². The SMILES string of the molecule is O=C(CCl)Nc1ccc2c(O)c(N=Nc3ccccc3)c(S(=O)(=O)[O-])cc2c1.[Na+]. The summed E-state index contributed by atoms with van der Waals surface area (Å²) in [6, 6.07) is 13.9. The van der Waals surface area contributed by atoms with Crippen LogP contribution in [0.15, 0.2) is 69.7 Å². The van der Waals surface area contributed by atoms with E-state index in [2.05, 4.69) is 15.5 Å². The van der Waals surface area contributed by atoms with Crippen LogP contribution in [0.5, 0.6) is 5.75 Å². The molecule has 0 aliphatic rings. The van der Waals surface area contributed by atoms with Gasteiger partial charge in [0.2, 0.25) is 5.91 Å². The second-order valence-electron chi connectivity index (χ2n) is 5.68. The van der Waals surface area contributed by atoms with Crippen molar-refractivity contribution in [3.63, 3.8) is 0 Å². The van der Waals surface area contributed by atoms with Gasteiger partial charge in [-0.3, -0.25) is 4.79 Å². The summed E-state index contributed by atoms with van der Waals surface area (Å²) in [6.07, 6.45) is 0. The van der Waals surface area contributed by atoms with Crippen LogP contribution in [0.1, 0.15) is 0 Å². The molecule has 144 valence electrons. The Morgan fingerprint density at radius 3 is 2.41 bits per heavy atom. The van der Waals surface area contributed by atoms with E-state index in [0.717, 1.165) is 6.07 Å². The van der Waals surface area contributed by atoms with E-state index >= 15 is 0 Å². The molecule has 3 aromatic rings. The van der Waals surface area contributed by atoms with Gasteiger partial charge in [0, 0.05) is 11.1 Å². The van der Waals surface area contributed by atoms with Gasteiger partial charge in [-0.05, 0) is 41.8 Å². The van der Waals surface area contributed by atoms with E-state index in [1.54, 1.807) is 30.3 Å². The number of nitrogens with zero attached hydrogens (tertiary/aromatic N) is 2. The van der Waals surface area contributed by atoms with Crippen molar-refractivity contribution >= 4 is 55.5 Å². The number of carbonyl (C=O) groups is 1. The van der Waals surface area contributed by atoms with Crippen molar-refractivity contribution in [1.82, 2.24) is 0 Å². The van der Waals surface area contributed by atoms with Crippen LogP contribution >= 0.6 is 11.6 Å². The summed E-state index contributed by atoms with van der Waals surface area (Å²) >= 11 is 5.44. The maximum Gasteiger partial charge on any atom is 1.00 e. The van der Waals surface area contributed by atoms with E-state index < -0.39 is 32.4 Å². The van der Waals surface area contributed by atoms with Crippen LogP contribution < -0.4 is 34.9 Å². The molecule has 0 atom stereocenters. The fourth-order valence-electron chi connectivity index (χ4n) is 2.51. The topological polar surface area (TPSA) is 131 Å². The molecule has 2 N–H and O–H groups in total. The number of amides is 1. The van der Waals surface area contributed by atoms with Crippen molar-refractivity contribution < 1.29 is 52.4 Å². The zero-order valence-corrected chi connectivity index (χ0v) is 18.7. The number of anilines is 1. The predicted octanol–water partition coefficient (Wildman–Crippen LogP) is 1.05. The third-order valence-electron chi connectivity index (χ3n) is 3.75. The average Bonchev–Trinajstić information content (AvgIpc) is 2.67. The third kappa shape index (κ3) is 5.53. The van der Waals surface area contributed by atoms with Crippen LogP contribution in [0.3, 0.4) is 0 Å². The van der Waals surface area contributed by atoms with Crippen molar-refractivity contribution in [1.29, 1.82) is 0 Å². The monoisotopic (exact) mass is 441 g/mol. The molecular weight excluding hydrogens is 429 g/mol. The molecule has 0 aromatic heterocycles. The van der Waals surface area contributed by atoms with Crippen LogP contribution in [-0.4, -0.2) is 29.9 Å². The van der Waals surface area contributed by atoms with Gasteiger partial charge in [-0.2, -0.15) is 5.11 Å². The second-order valence-corrected chi connectivity index (χ2v) is 7.29. The fourth-order valence-corrected chi connectivity index (χ4v) is 3.23. The van der Waals surface area contributed by atoms with Gasteiger partial charge in [-0.1, -0.05) is 18.2 Å². The van der Waals surface area contributed by atoms with E-state index in [-0.39, 0.29) is 46.2 Å². The number of phenols is 1. The summed E-state index contributed by atoms with van der Waals surface area (Å²) in [5.41, 5.74) is 0.282. The average molecular weight is 442 g/mol. The molecule has 0 spiro atoms. The molecule has 0 radical (unpaired) electrons. The number of azo groups is 1. The number of fused-ring (bicyclic) bond motifs is 1. The summed E-state index contributed by atoms with van der Waals surface area (Å²) in [5, 5.41) is 21.1. The first-order chi connectivity index (χ1) is 13.3. The molecule has 3 rings (SSSR count). The van der Waals surface area contributed by atoms with E-state index in [1.807, 2.05) is 0 Å². The first-order valence-corrected chi connectivity index (χ1v) is 9.82. The Bertz CT molecular complexity index is 1190. The summed E-state index contributed by atoms with van der Waals surface area (Å²) in [6.45, 7) is 0. The quantitative estimate of drug-likeness (QED) is 0.264. The second kappa shape index (κ2) is 9.66. The summed E-state index contributed by atoms with van der Waals surface area (Å²) in [5.74, 6) is -1.24. The molecule has 0 heterocycles. The first-order valence-electron chi connectivity index (χ1n) is 7.88. The number of phenolic OH excluding ortho intramolecular Hbond substituents is 1. The summed E-state index contributed by atoms with van der Waals surface area (Å²) in [4.78, 5) is 10.7. The van der Waals surface area contributed by atoms with E-state index in [1.165, 1.54) is 18.2 Å². The number of halogens is 1. The molecule has 0 fully saturated rings.